The van der Waals surface area contributed by atoms with Crippen LogP contribution in [0.2, 0.25) is 0 Å². The molecule has 0 unspecified atom stereocenters. The molecule has 4 N–H and O–H groups in total. The zero-order valence-corrected chi connectivity index (χ0v) is 11.1. The number of anilines is 2. The zero-order valence-electron chi connectivity index (χ0n) is 9.52. The Balaban J connectivity index is 2.22. The van der Waals surface area contributed by atoms with Gasteiger partial charge in [-0.2, -0.15) is 0 Å². The van der Waals surface area contributed by atoms with Crippen LogP contribution in [0.25, 0.3) is 0 Å². The minimum Gasteiger partial charge on any atom is -0.318 e. The first-order valence-electron chi connectivity index (χ1n) is 5.15. The second kappa shape index (κ2) is 5.72. The predicted octanol–water partition coefficient (Wildman–Crippen LogP) is 1.92. The molecule has 2 aromatic rings. The summed E-state index contributed by atoms with van der Waals surface area (Å²) in [6.45, 7) is 0. The molecule has 0 aliphatic rings. The molecule has 0 saturated heterocycles. The van der Waals surface area contributed by atoms with E-state index in [0.717, 1.165) is 0 Å². The standard InChI is InChI=1S/C11H9BrFN5O/c12-6-1-2-7(13)8(3-6)17-11(19)9-4-15-5-10(16-9)18-14/h1-5H,14H2,(H,16,18)(H,17,19). The second-order valence-electron chi connectivity index (χ2n) is 3.51. The number of carbonyl (C=O) groups is 1. The van der Waals surface area contributed by atoms with E-state index in [4.69, 9.17) is 5.84 Å². The lowest BCUT2D eigenvalue weighted by atomic mass is 10.3. The van der Waals surface area contributed by atoms with Gasteiger partial charge in [0.1, 0.15) is 11.5 Å². The summed E-state index contributed by atoms with van der Waals surface area (Å²) in [6.07, 6.45) is 2.61. The SMILES string of the molecule is NNc1cncc(C(=O)Nc2cc(Br)ccc2F)n1. The van der Waals surface area contributed by atoms with Gasteiger partial charge in [-0.25, -0.2) is 15.2 Å². The van der Waals surface area contributed by atoms with Crippen LogP contribution in [0.5, 0.6) is 0 Å². The van der Waals surface area contributed by atoms with Crippen molar-refractivity contribution in [3.63, 3.8) is 0 Å². The second-order valence-corrected chi connectivity index (χ2v) is 4.43. The number of carbonyl (C=O) groups excluding carboxylic acids is 1. The van der Waals surface area contributed by atoms with E-state index in [-0.39, 0.29) is 17.2 Å². The fraction of sp³-hybridized carbons (Fsp3) is 0. The van der Waals surface area contributed by atoms with Crippen LogP contribution in [0.3, 0.4) is 0 Å². The number of benzene rings is 1. The lowest BCUT2D eigenvalue weighted by Gasteiger charge is -2.07. The first kappa shape index (κ1) is 13.4. The highest BCUT2D eigenvalue weighted by Gasteiger charge is 2.12. The van der Waals surface area contributed by atoms with Crippen LogP contribution in [0.15, 0.2) is 35.1 Å². The van der Waals surface area contributed by atoms with Gasteiger partial charge in [-0.15, -0.1) is 0 Å². The number of hydrogen-bond donors (Lipinski definition) is 3. The smallest absolute Gasteiger partial charge is 0.276 e. The molecule has 1 heterocycles. The summed E-state index contributed by atoms with van der Waals surface area (Å²) in [7, 11) is 0. The Morgan fingerprint density at radius 1 is 1.37 bits per heavy atom. The van der Waals surface area contributed by atoms with Crippen molar-refractivity contribution in [3.8, 4) is 0 Å². The molecule has 8 heteroatoms. The van der Waals surface area contributed by atoms with E-state index in [9.17, 15) is 9.18 Å². The predicted molar refractivity (Wildman–Crippen MR) is 71.9 cm³/mol. The van der Waals surface area contributed by atoms with Crippen molar-refractivity contribution in [3.05, 3.63) is 46.6 Å². The van der Waals surface area contributed by atoms with E-state index < -0.39 is 11.7 Å². The molecule has 0 bridgehead atoms. The Hall–Kier alpha value is -2.06. The van der Waals surface area contributed by atoms with E-state index in [1.807, 2.05) is 0 Å². The summed E-state index contributed by atoms with van der Waals surface area (Å²) >= 11 is 3.19. The van der Waals surface area contributed by atoms with Gasteiger partial charge < -0.3 is 10.7 Å². The molecular formula is C11H9BrFN5O. The molecule has 2 rings (SSSR count). The lowest BCUT2D eigenvalue weighted by Crippen LogP contribution is -2.17. The van der Waals surface area contributed by atoms with Gasteiger partial charge in [0.2, 0.25) is 0 Å². The minimum absolute atomic E-state index is 0.0230. The maximum Gasteiger partial charge on any atom is 0.276 e. The van der Waals surface area contributed by atoms with Crippen molar-refractivity contribution in [2.45, 2.75) is 0 Å². The summed E-state index contributed by atoms with van der Waals surface area (Å²) in [5.74, 6) is 4.28. The minimum atomic E-state index is -0.582. The average molecular weight is 326 g/mol. The molecule has 1 aromatic carbocycles. The third-order valence-electron chi connectivity index (χ3n) is 2.19. The van der Waals surface area contributed by atoms with Crippen molar-refractivity contribution in [1.29, 1.82) is 0 Å². The van der Waals surface area contributed by atoms with Gasteiger partial charge >= 0.3 is 0 Å². The number of nitrogen functional groups attached to an aromatic ring is 1. The van der Waals surface area contributed by atoms with Crippen LogP contribution in [0, 0.1) is 5.82 Å². The third-order valence-corrected chi connectivity index (χ3v) is 2.68. The molecule has 1 aromatic heterocycles. The summed E-state index contributed by atoms with van der Waals surface area (Å²) < 4.78 is 14.1. The average Bonchev–Trinajstić information content (AvgIpc) is 2.43. The molecule has 1 amide bonds. The van der Waals surface area contributed by atoms with Crippen molar-refractivity contribution in [2.75, 3.05) is 10.7 Å². The van der Waals surface area contributed by atoms with Crippen LogP contribution in [-0.2, 0) is 0 Å². The lowest BCUT2D eigenvalue weighted by molar-refractivity contribution is 0.102. The number of nitrogens with one attached hydrogen (secondary N) is 2. The zero-order chi connectivity index (χ0) is 13.8. The molecule has 0 saturated carbocycles. The van der Waals surface area contributed by atoms with Gasteiger partial charge in [0.25, 0.3) is 5.91 Å². The number of aromatic nitrogens is 2. The summed E-state index contributed by atoms with van der Waals surface area (Å²) in [6, 6.07) is 4.22. The largest absolute Gasteiger partial charge is 0.318 e. The summed E-state index contributed by atoms with van der Waals surface area (Å²) in [4.78, 5) is 19.6. The van der Waals surface area contributed by atoms with Gasteiger partial charge in [0.05, 0.1) is 18.1 Å². The molecule has 19 heavy (non-hydrogen) atoms. The van der Waals surface area contributed by atoms with Crippen molar-refractivity contribution in [2.24, 2.45) is 5.84 Å². The Kier molecular flexibility index (Phi) is 4.03. The topological polar surface area (TPSA) is 92.9 Å². The number of nitrogens with zero attached hydrogens (tertiary/aromatic N) is 2. The molecule has 0 fully saturated rings. The van der Waals surface area contributed by atoms with E-state index >= 15 is 0 Å². The number of rotatable bonds is 3. The summed E-state index contributed by atoms with van der Waals surface area (Å²) in [5.41, 5.74) is 2.34. The fourth-order valence-corrected chi connectivity index (χ4v) is 1.69. The van der Waals surface area contributed by atoms with E-state index in [1.54, 1.807) is 0 Å². The highest BCUT2D eigenvalue weighted by Crippen LogP contribution is 2.20. The molecule has 0 radical (unpaired) electrons. The molecule has 0 aliphatic heterocycles. The van der Waals surface area contributed by atoms with Crippen LogP contribution < -0.4 is 16.6 Å². The Labute approximate surface area is 116 Å². The maximum absolute atomic E-state index is 13.5. The van der Waals surface area contributed by atoms with E-state index in [0.29, 0.717) is 4.47 Å². The van der Waals surface area contributed by atoms with Gasteiger partial charge in [0.15, 0.2) is 5.82 Å². The number of hydrogen-bond acceptors (Lipinski definition) is 5. The van der Waals surface area contributed by atoms with Crippen molar-refractivity contribution in [1.82, 2.24) is 9.97 Å². The highest BCUT2D eigenvalue weighted by atomic mass is 79.9. The van der Waals surface area contributed by atoms with Crippen molar-refractivity contribution < 1.29 is 9.18 Å². The van der Waals surface area contributed by atoms with E-state index in [2.05, 4.69) is 36.6 Å². The third kappa shape index (κ3) is 3.24. The van der Waals surface area contributed by atoms with Gasteiger partial charge in [-0.3, -0.25) is 9.78 Å². The molecule has 0 atom stereocenters. The summed E-state index contributed by atoms with van der Waals surface area (Å²) in [5, 5.41) is 2.40. The molecule has 98 valence electrons. The number of hydrazine groups is 1. The van der Waals surface area contributed by atoms with Gasteiger partial charge in [-0.05, 0) is 18.2 Å². The normalized spacial score (nSPS) is 10.1. The highest BCUT2D eigenvalue weighted by molar-refractivity contribution is 9.10. The Morgan fingerprint density at radius 3 is 2.89 bits per heavy atom. The molecular weight excluding hydrogens is 317 g/mol. The van der Waals surface area contributed by atoms with E-state index in [1.165, 1.54) is 30.6 Å². The molecule has 0 spiro atoms. The number of halogens is 2. The molecule has 6 nitrogen and oxygen atoms in total. The van der Waals surface area contributed by atoms with Gasteiger partial charge in [0, 0.05) is 4.47 Å². The monoisotopic (exact) mass is 325 g/mol. The number of nitrogens with two attached hydrogens (primary N) is 1. The first-order chi connectivity index (χ1) is 9.10. The van der Waals surface area contributed by atoms with Gasteiger partial charge in [-0.1, -0.05) is 15.9 Å². The Bertz CT molecular complexity index is 622. The van der Waals surface area contributed by atoms with Crippen LogP contribution in [0.1, 0.15) is 10.5 Å². The molecule has 0 aliphatic carbocycles. The maximum atomic E-state index is 13.5. The van der Waals surface area contributed by atoms with Crippen molar-refractivity contribution >= 4 is 33.3 Å². The van der Waals surface area contributed by atoms with Crippen LogP contribution >= 0.6 is 15.9 Å². The first-order valence-corrected chi connectivity index (χ1v) is 5.94. The van der Waals surface area contributed by atoms with Crippen LogP contribution in [0.4, 0.5) is 15.9 Å². The quantitative estimate of drug-likeness (QED) is 0.592. The Morgan fingerprint density at radius 2 is 2.16 bits per heavy atom. The fourth-order valence-electron chi connectivity index (χ4n) is 1.32. The number of amides is 1. The van der Waals surface area contributed by atoms with Crippen LogP contribution in [-0.4, -0.2) is 15.9 Å².